The van der Waals surface area contributed by atoms with Gasteiger partial charge in [0, 0.05) is 31.7 Å². The van der Waals surface area contributed by atoms with Crippen molar-refractivity contribution in [3.05, 3.63) is 44.9 Å². The monoisotopic (exact) mass is 313 g/mol. The summed E-state index contributed by atoms with van der Waals surface area (Å²) in [5.41, 5.74) is 1.57. The summed E-state index contributed by atoms with van der Waals surface area (Å²) in [5.74, 6) is -1.23. The number of H-pyrrole nitrogens is 2. The maximum Gasteiger partial charge on any atom is 0.449 e. The molecule has 2 aromatic rings. The molecule has 0 fully saturated rings. The van der Waals surface area contributed by atoms with E-state index in [1.165, 1.54) is 0 Å². The van der Waals surface area contributed by atoms with Gasteiger partial charge in [0.1, 0.15) is 0 Å². The van der Waals surface area contributed by atoms with Crippen LogP contribution in [0.4, 0.5) is 13.2 Å². The second kappa shape index (κ2) is 5.24. The first kappa shape index (κ1) is 14.8. The van der Waals surface area contributed by atoms with Gasteiger partial charge in [-0.05, 0) is 13.0 Å². The van der Waals surface area contributed by atoms with Crippen LogP contribution < -0.4 is 5.56 Å². The molecule has 3 rings (SSSR count). The van der Waals surface area contributed by atoms with Crippen LogP contribution >= 0.6 is 0 Å². The van der Waals surface area contributed by atoms with E-state index in [1.807, 2.05) is 22.9 Å². The van der Waals surface area contributed by atoms with Crippen molar-refractivity contribution >= 4 is 0 Å². The van der Waals surface area contributed by atoms with Gasteiger partial charge < -0.3 is 4.98 Å². The van der Waals surface area contributed by atoms with Gasteiger partial charge in [-0.1, -0.05) is 0 Å². The second-order valence-electron chi connectivity index (χ2n) is 5.34. The van der Waals surface area contributed by atoms with Gasteiger partial charge in [0.2, 0.25) is 5.82 Å². The fourth-order valence-corrected chi connectivity index (χ4v) is 2.53. The predicted molar refractivity (Wildman–Crippen MR) is 71.0 cm³/mol. The lowest BCUT2D eigenvalue weighted by Crippen LogP contribution is -2.36. The van der Waals surface area contributed by atoms with Crippen molar-refractivity contribution in [2.75, 3.05) is 6.54 Å². The van der Waals surface area contributed by atoms with Gasteiger partial charge in [0.15, 0.2) is 0 Å². The van der Waals surface area contributed by atoms with E-state index in [0.717, 1.165) is 11.4 Å². The topological polar surface area (TPSA) is 77.7 Å². The maximum atomic E-state index is 12.6. The van der Waals surface area contributed by atoms with Crippen LogP contribution in [-0.2, 0) is 25.7 Å². The van der Waals surface area contributed by atoms with Crippen molar-refractivity contribution in [1.29, 1.82) is 0 Å². The molecule has 6 nitrogen and oxygen atoms in total. The first-order valence-corrected chi connectivity index (χ1v) is 6.75. The first-order chi connectivity index (χ1) is 10.3. The van der Waals surface area contributed by atoms with Crippen LogP contribution in [0, 0.1) is 6.92 Å². The summed E-state index contributed by atoms with van der Waals surface area (Å²) in [6.07, 6.45) is -4.33. The molecule has 1 aliphatic rings. The number of nitrogens with one attached hydrogen (secondary N) is 2. The van der Waals surface area contributed by atoms with Crippen molar-refractivity contribution < 1.29 is 13.2 Å². The summed E-state index contributed by atoms with van der Waals surface area (Å²) in [5, 5.41) is 6.95. The van der Waals surface area contributed by atoms with Crippen molar-refractivity contribution in [3.8, 4) is 0 Å². The van der Waals surface area contributed by atoms with Crippen LogP contribution in [-0.4, -0.2) is 31.6 Å². The van der Waals surface area contributed by atoms with Gasteiger partial charge in [-0.3, -0.25) is 14.8 Å². The normalized spacial score (nSPS) is 15.8. The third kappa shape index (κ3) is 2.89. The average Bonchev–Trinajstić information content (AvgIpc) is 2.83. The molecule has 1 aliphatic heterocycles. The molecule has 0 aromatic carbocycles. The van der Waals surface area contributed by atoms with Crippen LogP contribution in [0.25, 0.3) is 0 Å². The molecule has 2 aromatic heterocycles. The molecule has 0 aliphatic carbocycles. The maximum absolute atomic E-state index is 12.6. The summed E-state index contributed by atoms with van der Waals surface area (Å²) in [4.78, 5) is 19.2. The van der Waals surface area contributed by atoms with Crippen molar-refractivity contribution in [3.63, 3.8) is 0 Å². The molecule has 3 heterocycles. The predicted octanol–water partition coefficient (Wildman–Crippen LogP) is 1.38. The number of hydrogen-bond acceptors (Lipinski definition) is 4. The van der Waals surface area contributed by atoms with Gasteiger partial charge in [0.25, 0.3) is 5.56 Å². The minimum absolute atomic E-state index is 0.227. The van der Waals surface area contributed by atoms with Crippen LogP contribution in [0.3, 0.4) is 0 Å². The fourth-order valence-electron chi connectivity index (χ4n) is 2.53. The number of nitrogens with zero attached hydrogens (tertiary/aromatic N) is 3. The number of fused-ring (bicyclic) bond motifs is 1. The number of alkyl halides is 3. The smallest absolute Gasteiger partial charge is 0.303 e. The molecule has 0 spiro atoms. The van der Waals surface area contributed by atoms with Gasteiger partial charge in [0.05, 0.1) is 17.0 Å². The molecular weight excluding hydrogens is 299 g/mol. The highest BCUT2D eigenvalue weighted by molar-refractivity contribution is 5.22. The molecular formula is C13H14F3N5O. The van der Waals surface area contributed by atoms with Gasteiger partial charge >= 0.3 is 6.18 Å². The molecule has 118 valence electrons. The Hall–Kier alpha value is -2.16. The third-order valence-electron chi connectivity index (χ3n) is 3.56. The van der Waals surface area contributed by atoms with Gasteiger partial charge in [-0.15, -0.1) is 0 Å². The Morgan fingerprint density at radius 2 is 2.18 bits per heavy atom. The van der Waals surface area contributed by atoms with E-state index < -0.39 is 17.6 Å². The Labute approximate surface area is 123 Å². The van der Waals surface area contributed by atoms with Crippen molar-refractivity contribution in [2.45, 2.75) is 32.6 Å². The molecule has 0 saturated carbocycles. The highest BCUT2D eigenvalue weighted by atomic mass is 19.4. The number of aromatic amines is 2. The lowest BCUT2D eigenvalue weighted by Gasteiger charge is -2.27. The fraction of sp³-hybridized carbons (Fsp3) is 0.462. The molecule has 2 N–H and O–H groups in total. The highest BCUT2D eigenvalue weighted by Crippen LogP contribution is 2.26. The van der Waals surface area contributed by atoms with Crippen molar-refractivity contribution in [2.24, 2.45) is 0 Å². The summed E-state index contributed by atoms with van der Waals surface area (Å²) in [6.45, 7) is 3.22. The molecule has 0 atom stereocenters. The molecule has 0 saturated heterocycles. The Bertz CT molecular complexity index is 749. The number of aryl methyl sites for hydroxylation is 1. The minimum atomic E-state index is -4.64. The molecule has 0 unspecified atom stereocenters. The van der Waals surface area contributed by atoms with E-state index >= 15 is 0 Å². The number of aromatic nitrogens is 4. The molecule has 0 amide bonds. The Morgan fingerprint density at radius 3 is 2.82 bits per heavy atom. The van der Waals surface area contributed by atoms with Crippen LogP contribution in [0.2, 0.25) is 0 Å². The number of hydrogen-bond donors (Lipinski definition) is 2. The third-order valence-corrected chi connectivity index (χ3v) is 3.56. The zero-order chi connectivity index (χ0) is 15.9. The Balaban J connectivity index is 1.83. The SMILES string of the molecule is Cc1cc(CN2CCc3nc(C(F)(F)F)[nH]c(=O)c3C2)n[nH]1. The Kier molecular flexibility index (Phi) is 3.51. The quantitative estimate of drug-likeness (QED) is 0.878. The summed E-state index contributed by atoms with van der Waals surface area (Å²) < 4.78 is 37.9. The van der Waals surface area contributed by atoms with Gasteiger partial charge in [-0.25, -0.2) is 4.98 Å². The first-order valence-electron chi connectivity index (χ1n) is 6.75. The zero-order valence-electron chi connectivity index (χ0n) is 11.8. The molecule has 0 bridgehead atoms. The largest absolute Gasteiger partial charge is 0.449 e. The number of halogens is 3. The molecule has 0 radical (unpaired) electrons. The summed E-state index contributed by atoms with van der Waals surface area (Å²) in [7, 11) is 0. The van der Waals surface area contributed by atoms with E-state index in [-0.39, 0.29) is 12.2 Å². The summed E-state index contributed by atoms with van der Waals surface area (Å²) >= 11 is 0. The van der Waals surface area contributed by atoms with E-state index in [2.05, 4.69) is 15.2 Å². The van der Waals surface area contributed by atoms with E-state index in [0.29, 0.717) is 25.1 Å². The Morgan fingerprint density at radius 1 is 1.41 bits per heavy atom. The van der Waals surface area contributed by atoms with Crippen molar-refractivity contribution in [1.82, 2.24) is 25.1 Å². The van der Waals surface area contributed by atoms with Gasteiger partial charge in [-0.2, -0.15) is 18.3 Å². The standard InChI is InChI=1S/C13H14F3N5O/c1-7-4-8(20-19-7)5-21-3-2-10-9(6-21)11(22)18-12(17-10)13(14,15)16/h4H,2-3,5-6H2,1H3,(H,19,20)(H,17,18,22). The van der Waals surface area contributed by atoms with E-state index in [9.17, 15) is 18.0 Å². The van der Waals surface area contributed by atoms with E-state index in [4.69, 9.17) is 0 Å². The zero-order valence-corrected chi connectivity index (χ0v) is 11.8. The van der Waals surface area contributed by atoms with E-state index in [1.54, 1.807) is 0 Å². The lowest BCUT2D eigenvalue weighted by molar-refractivity contribution is -0.145. The van der Waals surface area contributed by atoms with Crippen LogP contribution in [0.1, 0.15) is 28.5 Å². The minimum Gasteiger partial charge on any atom is -0.303 e. The van der Waals surface area contributed by atoms with Crippen LogP contribution in [0.5, 0.6) is 0 Å². The second-order valence-corrected chi connectivity index (χ2v) is 5.34. The molecule has 22 heavy (non-hydrogen) atoms. The molecule has 9 heteroatoms. The highest BCUT2D eigenvalue weighted by Gasteiger charge is 2.35. The number of rotatable bonds is 2. The summed E-state index contributed by atoms with van der Waals surface area (Å²) in [6, 6.07) is 1.89. The average molecular weight is 313 g/mol. The van der Waals surface area contributed by atoms with Crippen LogP contribution in [0.15, 0.2) is 10.9 Å². The lowest BCUT2D eigenvalue weighted by atomic mass is 10.1.